The molecule has 2 aromatic rings. The first-order valence-corrected chi connectivity index (χ1v) is 6.25. The standard InChI is InChI=1S/C12H14BrN3O/c1-16-11(12(13)14-15-16)10(17)8-7-9-5-3-2-4-6-9/h2-6,10,17H,7-8H2,1H3. The first-order valence-electron chi connectivity index (χ1n) is 5.45. The van der Waals surface area contributed by atoms with Gasteiger partial charge in [-0.1, -0.05) is 35.5 Å². The molecule has 2 rings (SSSR count). The van der Waals surface area contributed by atoms with E-state index in [-0.39, 0.29) is 0 Å². The van der Waals surface area contributed by atoms with Gasteiger partial charge in [-0.15, -0.1) is 5.10 Å². The SMILES string of the molecule is Cn1nnc(Br)c1C(O)CCc1ccccc1. The minimum atomic E-state index is -0.551. The largest absolute Gasteiger partial charge is 0.387 e. The Bertz CT molecular complexity index is 464. The molecule has 0 aliphatic carbocycles. The van der Waals surface area contributed by atoms with E-state index in [1.165, 1.54) is 5.56 Å². The fourth-order valence-electron chi connectivity index (χ4n) is 1.78. The molecule has 5 heteroatoms. The fourth-order valence-corrected chi connectivity index (χ4v) is 2.37. The third-order valence-electron chi connectivity index (χ3n) is 2.69. The van der Waals surface area contributed by atoms with Crippen molar-refractivity contribution in [3.8, 4) is 0 Å². The van der Waals surface area contributed by atoms with E-state index < -0.39 is 6.10 Å². The second kappa shape index (κ2) is 5.42. The molecule has 0 fully saturated rings. The van der Waals surface area contributed by atoms with E-state index in [9.17, 15) is 5.11 Å². The molecule has 1 heterocycles. The number of halogens is 1. The van der Waals surface area contributed by atoms with Crippen molar-refractivity contribution in [2.24, 2.45) is 7.05 Å². The van der Waals surface area contributed by atoms with Crippen molar-refractivity contribution in [2.75, 3.05) is 0 Å². The molecular weight excluding hydrogens is 282 g/mol. The first kappa shape index (κ1) is 12.3. The summed E-state index contributed by atoms with van der Waals surface area (Å²) >= 11 is 3.29. The van der Waals surface area contributed by atoms with Gasteiger partial charge in [0.25, 0.3) is 0 Å². The molecule has 1 unspecified atom stereocenters. The molecule has 0 saturated carbocycles. The lowest BCUT2D eigenvalue weighted by Crippen LogP contribution is -2.07. The van der Waals surface area contributed by atoms with Gasteiger partial charge < -0.3 is 5.11 Å². The number of aliphatic hydroxyl groups is 1. The normalized spacial score (nSPS) is 12.6. The van der Waals surface area contributed by atoms with E-state index >= 15 is 0 Å². The molecule has 0 aliphatic heterocycles. The Labute approximate surface area is 108 Å². The number of rotatable bonds is 4. The van der Waals surface area contributed by atoms with Gasteiger partial charge in [0.2, 0.25) is 0 Å². The summed E-state index contributed by atoms with van der Waals surface area (Å²) in [5.41, 5.74) is 1.94. The van der Waals surface area contributed by atoms with Crippen molar-refractivity contribution in [3.63, 3.8) is 0 Å². The minimum Gasteiger partial charge on any atom is -0.387 e. The molecule has 1 atom stereocenters. The molecule has 0 spiro atoms. The van der Waals surface area contributed by atoms with Gasteiger partial charge in [-0.25, -0.2) is 4.68 Å². The second-order valence-corrected chi connectivity index (χ2v) is 4.68. The van der Waals surface area contributed by atoms with Crippen LogP contribution in [0.5, 0.6) is 0 Å². The Morgan fingerprint density at radius 2 is 2.06 bits per heavy atom. The van der Waals surface area contributed by atoms with E-state index in [1.807, 2.05) is 18.2 Å². The zero-order chi connectivity index (χ0) is 12.3. The molecule has 1 aromatic carbocycles. The Kier molecular flexibility index (Phi) is 3.91. The van der Waals surface area contributed by atoms with Crippen molar-refractivity contribution >= 4 is 15.9 Å². The average molecular weight is 296 g/mol. The van der Waals surface area contributed by atoms with Crippen LogP contribution in [-0.2, 0) is 13.5 Å². The number of hydrogen-bond donors (Lipinski definition) is 1. The zero-order valence-electron chi connectivity index (χ0n) is 9.55. The molecular formula is C12H14BrN3O. The average Bonchev–Trinajstić information content (AvgIpc) is 2.67. The first-order chi connectivity index (χ1) is 8.18. The molecule has 0 saturated heterocycles. The monoisotopic (exact) mass is 295 g/mol. The van der Waals surface area contributed by atoms with Gasteiger partial charge in [-0.05, 0) is 34.3 Å². The molecule has 90 valence electrons. The summed E-state index contributed by atoms with van der Waals surface area (Å²) in [6, 6.07) is 10.1. The van der Waals surface area contributed by atoms with Crippen LogP contribution in [0.25, 0.3) is 0 Å². The molecule has 0 bridgehead atoms. The summed E-state index contributed by atoms with van der Waals surface area (Å²) in [6.07, 6.45) is 0.938. The van der Waals surface area contributed by atoms with Gasteiger partial charge in [-0.2, -0.15) is 0 Å². The summed E-state index contributed by atoms with van der Waals surface area (Å²) in [5.74, 6) is 0. The topological polar surface area (TPSA) is 50.9 Å². The highest BCUT2D eigenvalue weighted by Gasteiger charge is 2.17. The number of aliphatic hydroxyl groups excluding tert-OH is 1. The number of nitrogens with zero attached hydrogens (tertiary/aromatic N) is 3. The van der Waals surface area contributed by atoms with Crippen LogP contribution in [0, 0.1) is 0 Å². The lowest BCUT2D eigenvalue weighted by Gasteiger charge is -2.10. The molecule has 4 nitrogen and oxygen atoms in total. The third-order valence-corrected chi connectivity index (χ3v) is 3.26. The highest BCUT2D eigenvalue weighted by atomic mass is 79.9. The maximum absolute atomic E-state index is 10.1. The highest BCUT2D eigenvalue weighted by Crippen LogP contribution is 2.24. The van der Waals surface area contributed by atoms with Crippen LogP contribution in [-0.4, -0.2) is 20.1 Å². The molecule has 17 heavy (non-hydrogen) atoms. The van der Waals surface area contributed by atoms with Crippen molar-refractivity contribution in [1.29, 1.82) is 0 Å². The fraction of sp³-hybridized carbons (Fsp3) is 0.333. The van der Waals surface area contributed by atoms with Crippen LogP contribution in [0.1, 0.15) is 23.8 Å². The minimum absolute atomic E-state index is 0.551. The second-order valence-electron chi connectivity index (χ2n) is 3.93. The summed E-state index contributed by atoms with van der Waals surface area (Å²) in [5, 5.41) is 17.8. The van der Waals surface area contributed by atoms with E-state index in [1.54, 1.807) is 11.7 Å². The quantitative estimate of drug-likeness (QED) is 0.941. The number of aromatic nitrogens is 3. The summed E-state index contributed by atoms with van der Waals surface area (Å²) in [7, 11) is 1.78. The summed E-state index contributed by atoms with van der Waals surface area (Å²) in [4.78, 5) is 0. The Morgan fingerprint density at radius 1 is 1.35 bits per heavy atom. The number of aryl methyl sites for hydroxylation is 2. The van der Waals surface area contributed by atoms with Crippen molar-refractivity contribution in [2.45, 2.75) is 18.9 Å². The van der Waals surface area contributed by atoms with Crippen molar-refractivity contribution < 1.29 is 5.11 Å². The van der Waals surface area contributed by atoms with Crippen LogP contribution in [0.4, 0.5) is 0 Å². The lowest BCUT2D eigenvalue weighted by atomic mass is 10.1. The molecule has 0 radical (unpaired) electrons. The predicted octanol–water partition coefficient (Wildman–Crippen LogP) is 2.24. The number of benzene rings is 1. The predicted molar refractivity (Wildman–Crippen MR) is 68.4 cm³/mol. The van der Waals surface area contributed by atoms with Crippen LogP contribution >= 0.6 is 15.9 Å². The number of hydrogen-bond acceptors (Lipinski definition) is 3. The maximum atomic E-state index is 10.1. The van der Waals surface area contributed by atoms with E-state index in [2.05, 4.69) is 38.4 Å². The van der Waals surface area contributed by atoms with Crippen LogP contribution < -0.4 is 0 Å². The van der Waals surface area contributed by atoms with Gasteiger partial charge in [0.1, 0.15) is 5.69 Å². The van der Waals surface area contributed by atoms with Gasteiger partial charge in [0.15, 0.2) is 4.60 Å². The van der Waals surface area contributed by atoms with Crippen LogP contribution in [0.2, 0.25) is 0 Å². The van der Waals surface area contributed by atoms with Gasteiger partial charge >= 0.3 is 0 Å². The van der Waals surface area contributed by atoms with E-state index in [4.69, 9.17) is 0 Å². The zero-order valence-corrected chi connectivity index (χ0v) is 11.1. The molecule has 1 N–H and O–H groups in total. The van der Waals surface area contributed by atoms with Crippen LogP contribution in [0.3, 0.4) is 0 Å². The van der Waals surface area contributed by atoms with Gasteiger partial charge in [-0.3, -0.25) is 0 Å². The van der Waals surface area contributed by atoms with Crippen LogP contribution in [0.15, 0.2) is 34.9 Å². The highest BCUT2D eigenvalue weighted by molar-refractivity contribution is 9.10. The lowest BCUT2D eigenvalue weighted by molar-refractivity contribution is 0.157. The smallest absolute Gasteiger partial charge is 0.154 e. The van der Waals surface area contributed by atoms with E-state index in [0.717, 1.165) is 12.1 Å². The Morgan fingerprint density at radius 3 is 2.65 bits per heavy atom. The van der Waals surface area contributed by atoms with Gasteiger partial charge in [0.05, 0.1) is 6.10 Å². The van der Waals surface area contributed by atoms with Gasteiger partial charge in [0, 0.05) is 7.05 Å². The van der Waals surface area contributed by atoms with E-state index in [0.29, 0.717) is 11.0 Å². The molecule has 0 amide bonds. The summed E-state index contributed by atoms with van der Waals surface area (Å²) < 4.78 is 2.21. The third kappa shape index (κ3) is 2.92. The Hall–Kier alpha value is -1.20. The summed E-state index contributed by atoms with van der Waals surface area (Å²) in [6.45, 7) is 0. The van der Waals surface area contributed by atoms with Crippen molar-refractivity contribution in [1.82, 2.24) is 15.0 Å². The van der Waals surface area contributed by atoms with Crippen molar-refractivity contribution in [3.05, 3.63) is 46.2 Å². The maximum Gasteiger partial charge on any atom is 0.154 e. The molecule has 0 aliphatic rings. The Balaban J connectivity index is 2.01. The molecule has 1 aromatic heterocycles.